The summed E-state index contributed by atoms with van der Waals surface area (Å²) in [5.74, 6) is -0.134. The quantitative estimate of drug-likeness (QED) is 0.928. The van der Waals surface area contributed by atoms with Gasteiger partial charge in [-0.25, -0.2) is 8.42 Å². The molecule has 0 aliphatic carbocycles. The van der Waals surface area contributed by atoms with Crippen molar-refractivity contribution in [3.05, 3.63) is 35.4 Å². The first-order chi connectivity index (χ1) is 9.88. The second-order valence-electron chi connectivity index (χ2n) is 4.54. The van der Waals surface area contributed by atoms with E-state index < -0.39 is 10.0 Å². The van der Waals surface area contributed by atoms with Gasteiger partial charge >= 0.3 is 0 Å². The molecule has 0 bridgehead atoms. The summed E-state index contributed by atoms with van der Waals surface area (Å²) in [4.78, 5) is 10.9. The first-order valence-electron chi connectivity index (χ1n) is 6.88. The Balaban J connectivity index is 0.00000106. The van der Waals surface area contributed by atoms with E-state index in [0.29, 0.717) is 12.2 Å². The van der Waals surface area contributed by atoms with Crippen molar-refractivity contribution in [3.63, 3.8) is 0 Å². The maximum atomic E-state index is 11.8. The third kappa shape index (κ3) is 4.60. The first-order valence-corrected chi connectivity index (χ1v) is 8.73. The van der Waals surface area contributed by atoms with Gasteiger partial charge in [0.15, 0.2) is 0 Å². The number of nitrogens with zero attached hydrogens (tertiary/aromatic N) is 1. The molecule has 0 unspecified atom stereocenters. The molecule has 116 valence electrons. The van der Waals surface area contributed by atoms with Crippen LogP contribution in [0.5, 0.6) is 0 Å². The largest absolute Gasteiger partial charge is 0.353 e. The number of carbonyl (C=O) groups is 1. The summed E-state index contributed by atoms with van der Waals surface area (Å²) in [5, 5.41) is 2.69. The van der Waals surface area contributed by atoms with Gasteiger partial charge in [0.05, 0.1) is 18.5 Å². The lowest BCUT2D eigenvalue weighted by Crippen LogP contribution is -2.37. The van der Waals surface area contributed by atoms with Gasteiger partial charge in [-0.05, 0) is 17.2 Å². The number of para-hydroxylation sites is 1. The lowest BCUT2D eigenvalue weighted by Gasteiger charge is -2.29. The highest BCUT2D eigenvalue weighted by Crippen LogP contribution is 2.29. The van der Waals surface area contributed by atoms with Crippen LogP contribution in [-0.2, 0) is 14.8 Å². The lowest BCUT2D eigenvalue weighted by molar-refractivity contribution is -0.118. The molecule has 1 amide bonds. The van der Waals surface area contributed by atoms with E-state index in [1.807, 2.05) is 38.1 Å². The summed E-state index contributed by atoms with van der Waals surface area (Å²) in [7, 11) is -3.33. The van der Waals surface area contributed by atoms with Crippen molar-refractivity contribution in [1.82, 2.24) is 5.32 Å². The molecule has 1 aromatic rings. The number of amides is 1. The molecule has 1 aliphatic rings. The summed E-state index contributed by atoms with van der Waals surface area (Å²) < 4.78 is 25.0. The summed E-state index contributed by atoms with van der Waals surface area (Å²) in [6.45, 7) is 6.07. The predicted molar refractivity (Wildman–Crippen MR) is 86.6 cm³/mol. The Bertz CT molecular complexity index is 636. The zero-order valence-corrected chi connectivity index (χ0v) is 13.7. The van der Waals surface area contributed by atoms with Crippen molar-refractivity contribution < 1.29 is 13.2 Å². The maximum absolute atomic E-state index is 11.8. The second kappa shape index (κ2) is 7.26. The van der Waals surface area contributed by atoms with Crippen LogP contribution in [0.25, 0.3) is 6.08 Å². The van der Waals surface area contributed by atoms with Gasteiger partial charge in [0.25, 0.3) is 0 Å². The van der Waals surface area contributed by atoms with Crippen LogP contribution in [0, 0.1) is 0 Å². The molecule has 0 saturated heterocycles. The zero-order chi connectivity index (χ0) is 16.0. The molecule has 1 aromatic carbocycles. The van der Waals surface area contributed by atoms with E-state index in [1.54, 1.807) is 6.07 Å². The fourth-order valence-electron chi connectivity index (χ4n) is 2.01. The standard InChI is InChI=1S/C13H16N2O3S.C2H6/c1-10(16)14-8-11-7-12-5-3-4-6-13(12)15(9-11)19(2,17)18;1-2/h3-7H,8-9H2,1-2H3,(H,14,16);1-2H3. The molecule has 21 heavy (non-hydrogen) atoms. The maximum Gasteiger partial charge on any atom is 0.232 e. The Kier molecular flexibility index (Phi) is 5.96. The van der Waals surface area contributed by atoms with Crippen LogP contribution < -0.4 is 9.62 Å². The predicted octanol–water partition coefficient (Wildman–Crippen LogP) is 2.01. The Morgan fingerprint density at radius 1 is 1.29 bits per heavy atom. The molecular formula is C15H22N2O3S. The minimum Gasteiger partial charge on any atom is -0.353 e. The number of hydrogen-bond donors (Lipinski definition) is 1. The van der Waals surface area contributed by atoms with E-state index in [4.69, 9.17) is 0 Å². The minimum absolute atomic E-state index is 0.134. The Morgan fingerprint density at radius 3 is 2.48 bits per heavy atom. The van der Waals surface area contributed by atoms with Gasteiger partial charge in [-0.3, -0.25) is 9.10 Å². The van der Waals surface area contributed by atoms with Crippen LogP contribution >= 0.6 is 0 Å². The van der Waals surface area contributed by atoms with Gasteiger partial charge in [-0.2, -0.15) is 0 Å². The number of nitrogens with one attached hydrogen (secondary N) is 1. The van der Waals surface area contributed by atoms with Gasteiger partial charge in [0.2, 0.25) is 15.9 Å². The van der Waals surface area contributed by atoms with Crippen molar-refractivity contribution in [2.75, 3.05) is 23.7 Å². The average Bonchev–Trinajstić information content (AvgIpc) is 2.45. The second-order valence-corrected chi connectivity index (χ2v) is 6.45. The number of benzene rings is 1. The minimum atomic E-state index is -3.33. The number of carbonyl (C=O) groups excluding carboxylic acids is 1. The third-order valence-electron chi connectivity index (χ3n) is 2.88. The Morgan fingerprint density at radius 2 is 1.90 bits per heavy atom. The van der Waals surface area contributed by atoms with Crippen LogP contribution in [0.15, 0.2) is 29.8 Å². The summed E-state index contributed by atoms with van der Waals surface area (Å²) in [5.41, 5.74) is 2.38. The van der Waals surface area contributed by atoms with Crippen LogP contribution in [0.3, 0.4) is 0 Å². The van der Waals surface area contributed by atoms with Crippen LogP contribution in [-0.4, -0.2) is 33.7 Å². The van der Waals surface area contributed by atoms with Gasteiger partial charge < -0.3 is 5.32 Å². The van der Waals surface area contributed by atoms with Crippen molar-refractivity contribution in [2.45, 2.75) is 20.8 Å². The molecule has 0 spiro atoms. The van der Waals surface area contributed by atoms with Crippen molar-refractivity contribution in [3.8, 4) is 0 Å². The van der Waals surface area contributed by atoms with E-state index in [9.17, 15) is 13.2 Å². The molecule has 0 atom stereocenters. The fourth-order valence-corrected chi connectivity index (χ4v) is 2.94. The molecule has 1 aliphatic heterocycles. The number of hydrogen-bond acceptors (Lipinski definition) is 3. The van der Waals surface area contributed by atoms with Crippen molar-refractivity contribution in [1.29, 1.82) is 0 Å². The van der Waals surface area contributed by atoms with Crippen molar-refractivity contribution in [2.24, 2.45) is 0 Å². The van der Waals surface area contributed by atoms with Crippen LogP contribution in [0.2, 0.25) is 0 Å². The molecule has 0 radical (unpaired) electrons. The number of anilines is 1. The summed E-state index contributed by atoms with van der Waals surface area (Å²) in [6, 6.07) is 7.31. The first kappa shape index (κ1) is 17.2. The normalized spacial score (nSPS) is 13.5. The fraction of sp³-hybridized carbons (Fsp3) is 0.400. The van der Waals surface area contributed by atoms with E-state index in [0.717, 1.165) is 11.1 Å². The molecule has 5 nitrogen and oxygen atoms in total. The Hall–Kier alpha value is -1.82. The monoisotopic (exact) mass is 310 g/mol. The molecule has 0 aromatic heterocycles. The molecule has 0 saturated carbocycles. The molecule has 6 heteroatoms. The molecule has 1 N–H and O–H groups in total. The smallest absolute Gasteiger partial charge is 0.232 e. The Labute approximate surface area is 126 Å². The van der Waals surface area contributed by atoms with Gasteiger partial charge in [0, 0.05) is 13.5 Å². The summed E-state index contributed by atoms with van der Waals surface area (Å²) in [6.07, 6.45) is 3.11. The number of fused-ring (bicyclic) bond motifs is 1. The summed E-state index contributed by atoms with van der Waals surface area (Å²) >= 11 is 0. The number of rotatable bonds is 3. The number of sulfonamides is 1. The highest BCUT2D eigenvalue weighted by atomic mass is 32.2. The van der Waals surface area contributed by atoms with E-state index in [-0.39, 0.29) is 12.5 Å². The SMILES string of the molecule is CC.CC(=O)NCC1=Cc2ccccc2N(S(C)(=O)=O)C1. The molecular weight excluding hydrogens is 288 g/mol. The molecule has 2 rings (SSSR count). The van der Waals surface area contributed by atoms with Gasteiger partial charge in [-0.15, -0.1) is 0 Å². The lowest BCUT2D eigenvalue weighted by atomic mass is 10.0. The topological polar surface area (TPSA) is 66.5 Å². The third-order valence-corrected chi connectivity index (χ3v) is 4.00. The average molecular weight is 310 g/mol. The van der Waals surface area contributed by atoms with Gasteiger partial charge in [0.1, 0.15) is 0 Å². The highest BCUT2D eigenvalue weighted by Gasteiger charge is 2.24. The molecule has 1 heterocycles. The van der Waals surface area contributed by atoms with Gasteiger partial charge in [-0.1, -0.05) is 38.1 Å². The van der Waals surface area contributed by atoms with E-state index >= 15 is 0 Å². The molecule has 0 fully saturated rings. The zero-order valence-electron chi connectivity index (χ0n) is 12.9. The van der Waals surface area contributed by atoms with E-state index in [2.05, 4.69) is 5.32 Å². The van der Waals surface area contributed by atoms with Crippen molar-refractivity contribution >= 4 is 27.7 Å². The van der Waals surface area contributed by atoms with Crippen LogP contribution in [0.1, 0.15) is 26.3 Å². The highest BCUT2D eigenvalue weighted by molar-refractivity contribution is 7.92. The van der Waals surface area contributed by atoms with E-state index in [1.165, 1.54) is 17.5 Å². The van der Waals surface area contributed by atoms with Crippen LogP contribution in [0.4, 0.5) is 5.69 Å².